The standard InChI is InChI=1S/C22H21N3O5/c1-27-15-7-5-13(6-8-15)17-11-20-23-16(12-21(26)25(20)24-17)14-9-18(28-2)22(30-4)19(10-14)29-3/h5-12,24H,1-4H3. The summed E-state index contributed by atoms with van der Waals surface area (Å²) in [6.45, 7) is 0. The second-order valence-corrected chi connectivity index (χ2v) is 6.49. The first-order valence-electron chi connectivity index (χ1n) is 9.15. The maximum absolute atomic E-state index is 12.7. The maximum Gasteiger partial charge on any atom is 0.273 e. The molecule has 0 aliphatic heterocycles. The van der Waals surface area contributed by atoms with E-state index in [-0.39, 0.29) is 5.56 Å². The topological polar surface area (TPSA) is 87.1 Å². The van der Waals surface area contributed by atoms with Crippen LogP contribution in [0.25, 0.3) is 28.2 Å². The Kier molecular flexibility index (Phi) is 5.05. The van der Waals surface area contributed by atoms with E-state index in [9.17, 15) is 4.79 Å². The van der Waals surface area contributed by atoms with Gasteiger partial charge >= 0.3 is 0 Å². The van der Waals surface area contributed by atoms with Crippen molar-refractivity contribution in [3.63, 3.8) is 0 Å². The second-order valence-electron chi connectivity index (χ2n) is 6.49. The molecule has 0 saturated heterocycles. The summed E-state index contributed by atoms with van der Waals surface area (Å²) in [5, 5.41) is 3.09. The lowest BCUT2D eigenvalue weighted by Crippen LogP contribution is -2.14. The number of aromatic nitrogens is 3. The Balaban J connectivity index is 1.82. The molecule has 0 aliphatic rings. The third-order valence-corrected chi connectivity index (χ3v) is 4.81. The molecule has 0 radical (unpaired) electrons. The van der Waals surface area contributed by atoms with Crippen molar-refractivity contribution < 1.29 is 18.9 Å². The molecule has 0 bridgehead atoms. The molecule has 8 heteroatoms. The van der Waals surface area contributed by atoms with Gasteiger partial charge < -0.3 is 18.9 Å². The largest absolute Gasteiger partial charge is 0.497 e. The number of H-pyrrole nitrogens is 1. The number of hydrogen-bond donors (Lipinski definition) is 1. The summed E-state index contributed by atoms with van der Waals surface area (Å²) in [5.41, 5.74) is 3.12. The number of nitrogens with zero attached hydrogens (tertiary/aromatic N) is 2. The first-order valence-corrected chi connectivity index (χ1v) is 9.15. The fraction of sp³-hybridized carbons (Fsp3) is 0.182. The van der Waals surface area contributed by atoms with E-state index in [4.69, 9.17) is 18.9 Å². The van der Waals surface area contributed by atoms with Gasteiger partial charge in [-0.3, -0.25) is 9.89 Å². The molecule has 0 amide bonds. The van der Waals surface area contributed by atoms with Gasteiger partial charge in [0.05, 0.1) is 39.8 Å². The van der Waals surface area contributed by atoms with Crippen LogP contribution in [0.15, 0.2) is 53.3 Å². The quantitative estimate of drug-likeness (QED) is 0.527. The van der Waals surface area contributed by atoms with Crippen LogP contribution in [-0.2, 0) is 0 Å². The molecule has 0 unspecified atom stereocenters. The van der Waals surface area contributed by atoms with Crippen molar-refractivity contribution in [2.24, 2.45) is 0 Å². The van der Waals surface area contributed by atoms with Crippen molar-refractivity contribution in [2.45, 2.75) is 0 Å². The van der Waals surface area contributed by atoms with Gasteiger partial charge in [0.2, 0.25) is 5.75 Å². The van der Waals surface area contributed by atoms with Crippen molar-refractivity contribution in [2.75, 3.05) is 28.4 Å². The van der Waals surface area contributed by atoms with Crippen LogP contribution in [0.5, 0.6) is 23.0 Å². The summed E-state index contributed by atoms with van der Waals surface area (Å²) in [4.78, 5) is 17.4. The fourth-order valence-electron chi connectivity index (χ4n) is 3.29. The summed E-state index contributed by atoms with van der Waals surface area (Å²) in [6, 6.07) is 14.3. The molecule has 0 fully saturated rings. The minimum Gasteiger partial charge on any atom is -0.497 e. The molecule has 4 aromatic rings. The highest BCUT2D eigenvalue weighted by atomic mass is 16.5. The molecule has 0 saturated carbocycles. The van der Waals surface area contributed by atoms with Crippen molar-refractivity contribution >= 4 is 5.65 Å². The molecule has 2 aromatic heterocycles. The van der Waals surface area contributed by atoms with Crippen LogP contribution in [0.4, 0.5) is 0 Å². The molecule has 2 heterocycles. The van der Waals surface area contributed by atoms with Crippen molar-refractivity contribution in [1.29, 1.82) is 0 Å². The lowest BCUT2D eigenvalue weighted by Gasteiger charge is -2.13. The van der Waals surface area contributed by atoms with Crippen LogP contribution in [0.3, 0.4) is 0 Å². The van der Waals surface area contributed by atoms with Crippen LogP contribution < -0.4 is 24.5 Å². The number of aromatic amines is 1. The molecule has 30 heavy (non-hydrogen) atoms. The highest BCUT2D eigenvalue weighted by Gasteiger charge is 2.16. The summed E-state index contributed by atoms with van der Waals surface area (Å²) in [7, 11) is 6.24. The number of hydrogen-bond acceptors (Lipinski definition) is 6. The van der Waals surface area contributed by atoms with Gasteiger partial charge in [-0.05, 0) is 42.0 Å². The van der Waals surface area contributed by atoms with Crippen LogP contribution >= 0.6 is 0 Å². The van der Waals surface area contributed by atoms with Gasteiger partial charge in [-0.15, -0.1) is 0 Å². The second kappa shape index (κ2) is 7.82. The first kappa shape index (κ1) is 19.4. The first-order chi connectivity index (χ1) is 14.6. The molecule has 1 N–H and O–H groups in total. The van der Waals surface area contributed by atoms with E-state index < -0.39 is 0 Å². The van der Waals surface area contributed by atoms with Gasteiger partial charge in [0.15, 0.2) is 17.1 Å². The van der Waals surface area contributed by atoms with Gasteiger partial charge in [-0.1, -0.05) is 0 Å². The Morgan fingerprint density at radius 2 is 1.47 bits per heavy atom. The Labute approximate surface area is 172 Å². The predicted octanol–water partition coefficient (Wildman–Crippen LogP) is 3.39. The van der Waals surface area contributed by atoms with Gasteiger partial charge in [0, 0.05) is 17.7 Å². The Morgan fingerprint density at radius 1 is 0.800 bits per heavy atom. The number of methoxy groups -OCH3 is 4. The SMILES string of the molecule is COc1ccc(-c2cc3nc(-c4cc(OC)c(OC)c(OC)c4)cc(=O)n3[nH]2)cc1. The van der Waals surface area contributed by atoms with Gasteiger partial charge in [-0.25, -0.2) is 9.50 Å². The third-order valence-electron chi connectivity index (χ3n) is 4.81. The zero-order valence-electron chi connectivity index (χ0n) is 17.1. The summed E-state index contributed by atoms with van der Waals surface area (Å²) < 4.78 is 22.8. The normalized spacial score (nSPS) is 10.8. The fourth-order valence-corrected chi connectivity index (χ4v) is 3.29. The summed E-state index contributed by atoms with van der Waals surface area (Å²) in [5.74, 6) is 2.21. The molecule has 154 valence electrons. The van der Waals surface area contributed by atoms with E-state index in [2.05, 4.69) is 10.1 Å². The molecular formula is C22H21N3O5. The Hall–Kier alpha value is -3.94. The third kappa shape index (κ3) is 3.32. The Bertz CT molecular complexity index is 1230. The minimum absolute atomic E-state index is 0.233. The highest BCUT2D eigenvalue weighted by Crippen LogP contribution is 2.40. The van der Waals surface area contributed by atoms with Crippen LogP contribution in [0.2, 0.25) is 0 Å². The molecule has 0 atom stereocenters. The van der Waals surface area contributed by atoms with E-state index in [0.717, 1.165) is 17.0 Å². The molecule has 8 nitrogen and oxygen atoms in total. The lowest BCUT2D eigenvalue weighted by atomic mass is 10.1. The van der Waals surface area contributed by atoms with E-state index in [0.29, 0.717) is 34.2 Å². The molecule has 4 rings (SSSR count). The summed E-state index contributed by atoms with van der Waals surface area (Å²) >= 11 is 0. The van der Waals surface area contributed by atoms with Gasteiger partial charge in [-0.2, -0.15) is 0 Å². The zero-order chi connectivity index (χ0) is 21.3. The average Bonchev–Trinajstić information content (AvgIpc) is 3.23. The van der Waals surface area contributed by atoms with Crippen LogP contribution in [0, 0.1) is 0 Å². The van der Waals surface area contributed by atoms with Crippen molar-refractivity contribution in [1.82, 2.24) is 14.6 Å². The number of ether oxygens (including phenoxy) is 4. The van der Waals surface area contributed by atoms with Crippen LogP contribution in [-0.4, -0.2) is 43.0 Å². The van der Waals surface area contributed by atoms with E-state index in [1.807, 2.05) is 30.3 Å². The smallest absolute Gasteiger partial charge is 0.273 e. The van der Waals surface area contributed by atoms with E-state index in [1.165, 1.54) is 17.7 Å². The number of fused-ring (bicyclic) bond motifs is 1. The zero-order valence-corrected chi connectivity index (χ0v) is 17.1. The molecule has 0 aliphatic carbocycles. The van der Waals surface area contributed by atoms with Crippen molar-refractivity contribution in [3.8, 4) is 45.5 Å². The maximum atomic E-state index is 12.7. The van der Waals surface area contributed by atoms with Crippen molar-refractivity contribution in [3.05, 3.63) is 58.9 Å². The number of nitrogens with one attached hydrogen (secondary N) is 1. The lowest BCUT2D eigenvalue weighted by molar-refractivity contribution is 0.324. The minimum atomic E-state index is -0.233. The molecule has 2 aromatic carbocycles. The predicted molar refractivity (Wildman–Crippen MR) is 113 cm³/mol. The monoisotopic (exact) mass is 407 g/mol. The van der Waals surface area contributed by atoms with Gasteiger partial charge in [0.25, 0.3) is 5.56 Å². The van der Waals surface area contributed by atoms with E-state index in [1.54, 1.807) is 33.5 Å². The highest BCUT2D eigenvalue weighted by molar-refractivity contribution is 5.71. The van der Waals surface area contributed by atoms with E-state index >= 15 is 0 Å². The average molecular weight is 407 g/mol. The number of rotatable bonds is 6. The van der Waals surface area contributed by atoms with Gasteiger partial charge in [0.1, 0.15) is 5.75 Å². The molecular weight excluding hydrogens is 386 g/mol. The van der Waals surface area contributed by atoms with Crippen LogP contribution in [0.1, 0.15) is 0 Å². The Morgan fingerprint density at radius 3 is 2.03 bits per heavy atom. The molecule has 0 spiro atoms. The number of benzene rings is 2. The summed E-state index contributed by atoms with van der Waals surface area (Å²) in [6.07, 6.45) is 0.